The lowest BCUT2D eigenvalue weighted by Gasteiger charge is -2.26. The Morgan fingerprint density at radius 3 is 3.00 bits per heavy atom. The van der Waals surface area contributed by atoms with E-state index in [1.807, 2.05) is 36.4 Å². The molecule has 1 aromatic heterocycles. The molecule has 1 aliphatic rings. The summed E-state index contributed by atoms with van der Waals surface area (Å²) >= 11 is 0. The van der Waals surface area contributed by atoms with Crippen LogP contribution in [0.15, 0.2) is 55.1 Å². The molecule has 0 aliphatic carbocycles. The van der Waals surface area contributed by atoms with Crippen molar-refractivity contribution in [3.63, 3.8) is 0 Å². The fourth-order valence-corrected chi connectivity index (χ4v) is 3.28. The van der Waals surface area contributed by atoms with Crippen LogP contribution < -0.4 is 14.8 Å². The fourth-order valence-electron chi connectivity index (χ4n) is 3.28. The lowest BCUT2D eigenvalue weighted by atomic mass is 9.96. The smallest absolute Gasteiger partial charge is 0.253 e. The molecule has 1 aliphatic heterocycles. The first-order chi connectivity index (χ1) is 13.3. The van der Waals surface area contributed by atoms with Gasteiger partial charge in [-0.05, 0) is 30.2 Å². The molecular formula is C20H20N4O3. The molecule has 7 nitrogen and oxygen atoms in total. The molecule has 2 heterocycles. The maximum Gasteiger partial charge on any atom is 0.253 e. The van der Waals surface area contributed by atoms with Gasteiger partial charge in [0.05, 0.1) is 25.0 Å². The summed E-state index contributed by atoms with van der Waals surface area (Å²) in [5, 5.41) is 7.13. The van der Waals surface area contributed by atoms with E-state index in [9.17, 15) is 4.79 Å². The zero-order valence-electron chi connectivity index (χ0n) is 15.0. The number of para-hydroxylation sites is 2. The zero-order chi connectivity index (χ0) is 18.6. The number of carbonyl (C=O) groups is 1. The number of ether oxygens (including phenoxy) is 2. The van der Waals surface area contributed by atoms with E-state index in [2.05, 4.69) is 15.4 Å². The maximum absolute atomic E-state index is 12.7. The second-order valence-electron chi connectivity index (χ2n) is 6.40. The van der Waals surface area contributed by atoms with Crippen LogP contribution in [-0.2, 0) is 6.42 Å². The number of hydrogen-bond acceptors (Lipinski definition) is 5. The number of nitrogens with zero attached hydrogens (tertiary/aromatic N) is 3. The number of aromatic nitrogens is 3. The number of methoxy groups -OCH3 is 1. The third-order valence-electron chi connectivity index (χ3n) is 4.62. The van der Waals surface area contributed by atoms with Gasteiger partial charge in [0, 0.05) is 12.5 Å². The quantitative estimate of drug-likeness (QED) is 0.751. The molecule has 138 valence electrons. The fraction of sp³-hybridized carbons (Fsp3) is 0.250. The summed E-state index contributed by atoms with van der Waals surface area (Å²) < 4.78 is 12.8. The van der Waals surface area contributed by atoms with Crippen LogP contribution in [0.25, 0.3) is 5.69 Å². The van der Waals surface area contributed by atoms with Gasteiger partial charge >= 0.3 is 0 Å². The van der Waals surface area contributed by atoms with Crippen molar-refractivity contribution in [3.8, 4) is 17.2 Å². The van der Waals surface area contributed by atoms with E-state index in [0.29, 0.717) is 24.4 Å². The van der Waals surface area contributed by atoms with Crippen LogP contribution in [0, 0.1) is 5.92 Å². The van der Waals surface area contributed by atoms with Crippen LogP contribution in [0.4, 0.5) is 0 Å². The summed E-state index contributed by atoms with van der Waals surface area (Å²) in [5.41, 5.74) is 2.35. The summed E-state index contributed by atoms with van der Waals surface area (Å²) in [6.45, 7) is 1.07. The Balaban J connectivity index is 1.44. The summed E-state index contributed by atoms with van der Waals surface area (Å²) in [6.07, 6.45) is 3.85. The molecule has 0 spiro atoms. The Hall–Kier alpha value is -3.35. The highest BCUT2D eigenvalue weighted by atomic mass is 16.5. The Kier molecular flexibility index (Phi) is 4.74. The van der Waals surface area contributed by atoms with Crippen LogP contribution in [0.5, 0.6) is 11.5 Å². The summed E-state index contributed by atoms with van der Waals surface area (Å²) in [4.78, 5) is 16.7. The van der Waals surface area contributed by atoms with E-state index in [1.54, 1.807) is 24.2 Å². The monoisotopic (exact) mass is 364 g/mol. The molecule has 0 saturated heterocycles. The van der Waals surface area contributed by atoms with Crippen LogP contribution in [-0.4, -0.2) is 40.9 Å². The number of benzene rings is 2. The van der Waals surface area contributed by atoms with Crippen molar-refractivity contribution in [2.24, 2.45) is 5.92 Å². The first kappa shape index (κ1) is 17.1. The van der Waals surface area contributed by atoms with Crippen LogP contribution in [0.3, 0.4) is 0 Å². The first-order valence-corrected chi connectivity index (χ1v) is 8.77. The van der Waals surface area contributed by atoms with E-state index in [0.717, 1.165) is 23.5 Å². The van der Waals surface area contributed by atoms with Gasteiger partial charge in [-0.1, -0.05) is 24.3 Å². The minimum atomic E-state index is -0.141. The minimum absolute atomic E-state index is 0.141. The first-order valence-electron chi connectivity index (χ1n) is 8.77. The second kappa shape index (κ2) is 7.49. The van der Waals surface area contributed by atoms with Gasteiger partial charge in [-0.2, -0.15) is 5.10 Å². The highest BCUT2D eigenvalue weighted by molar-refractivity contribution is 5.97. The van der Waals surface area contributed by atoms with Crippen LogP contribution >= 0.6 is 0 Å². The SMILES string of the molecule is COc1cccc2c1OC[C@H](CNC(=O)c1ccccc1-n1cncn1)C2. The van der Waals surface area contributed by atoms with Crippen molar-refractivity contribution < 1.29 is 14.3 Å². The summed E-state index contributed by atoms with van der Waals surface area (Å²) in [7, 11) is 1.64. The van der Waals surface area contributed by atoms with Crippen LogP contribution in [0.1, 0.15) is 15.9 Å². The van der Waals surface area contributed by atoms with Crippen LogP contribution in [0.2, 0.25) is 0 Å². The minimum Gasteiger partial charge on any atom is -0.493 e. The highest BCUT2D eigenvalue weighted by Crippen LogP contribution is 2.35. The molecular weight excluding hydrogens is 344 g/mol. The van der Waals surface area contributed by atoms with Gasteiger partial charge in [0.2, 0.25) is 0 Å². The van der Waals surface area contributed by atoms with Gasteiger partial charge in [0.15, 0.2) is 11.5 Å². The number of rotatable bonds is 5. The normalized spacial score (nSPS) is 15.5. The molecule has 3 aromatic rings. The average Bonchev–Trinajstić information content (AvgIpc) is 3.26. The van der Waals surface area contributed by atoms with Gasteiger partial charge in [-0.3, -0.25) is 4.79 Å². The predicted molar refractivity (Wildman–Crippen MR) is 99.4 cm³/mol. The molecule has 1 atom stereocenters. The zero-order valence-corrected chi connectivity index (χ0v) is 15.0. The number of carbonyl (C=O) groups excluding carboxylic acids is 1. The summed E-state index contributed by atoms with van der Waals surface area (Å²) in [6, 6.07) is 13.2. The number of amides is 1. The van der Waals surface area contributed by atoms with Crippen molar-refractivity contribution >= 4 is 5.91 Å². The standard InChI is InChI=1S/C20H20N4O3/c1-26-18-8-4-5-15-9-14(11-27-19(15)18)10-22-20(25)16-6-2-3-7-17(16)24-13-21-12-23-24/h2-8,12-14H,9-11H2,1H3,(H,22,25)/t14-/m0/s1. The summed E-state index contributed by atoms with van der Waals surface area (Å²) in [5.74, 6) is 1.61. The van der Waals surface area contributed by atoms with E-state index in [4.69, 9.17) is 9.47 Å². The third-order valence-corrected chi connectivity index (χ3v) is 4.62. The van der Waals surface area contributed by atoms with Gasteiger partial charge in [-0.25, -0.2) is 9.67 Å². The molecule has 2 aromatic carbocycles. The van der Waals surface area contributed by atoms with Crippen molar-refractivity contribution in [2.75, 3.05) is 20.3 Å². The Bertz CT molecular complexity index is 940. The number of fused-ring (bicyclic) bond motifs is 1. The molecule has 0 unspecified atom stereocenters. The lowest BCUT2D eigenvalue weighted by Crippen LogP contribution is -2.35. The van der Waals surface area contributed by atoms with Gasteiger partial charge in [0.1, 0.15) is 12.7 Å². The Morgan fingerprint density at radius 2 is 2.19 bits per heavy atom. The number of nitrogens with one attached hydrogen (secondary N) is 1. The van der Waals surface area contributed by atoms with Crippen molar-refractivity contribution in [1.29, 1.82) is 0 Å². The molecule has 0 saturated carbocycles. The van der Waals surface area contributed by atoms with Gasteiger partial charge in [-0.15, -0.1) is 0 Å². The molecule has 4 rings (SSSR count). The number of hydrogen-bond donors (Lipinski definition) is 1. The van der Waals surface area contributed by atoms with E-state index in [-0.39, 0.29) is 11.8 Å². The van der Waals surface area contributed by atoms with E-state index < -0.39 is 0 Å². The van der Waals surface area contributed by atoms with Gasteiger partial charge < -0.3 is 14.8 Å². The lowest BCUT2D eigenvalue weighted by molar-refractivity contribution is 0.0938. The van der Waals surface area contributed by atoms with Crippen molar-refractivity contribution in [3.05, 3.63) is 66.2 Å². The topological polar surface area (TPSA) is 78.3 Å². The van der Waals surface area contributed by atoms with Crippen molar-refractivity contribution in [1.82, 2.24) is 20.1 Å². The average molecular weight is 364 g/mol. The van der Waals surface area contributed by atoms with E-state index >= 15 is 0 Å². The molecule has 0 fully saturated rings. The van der Waals surface area contributed by atoms with Crippen molar-refractivity contribution in [2.45, 2.75) is 6.42 Å². The Morgan fingerprint density at radius 1 is 1.30 bits per heavy atom. The second-order valence-corrected chi connectivity index (χ2v) is 6.40. The predicted octanol–water partition coefficient (Wildman–Crippen LogP) is 2.26. The molecule has 0 radical (unpaired) electrons. The Labute approximate surface area is 156 Å². The molecule has 27 heavy (non-hydrogen) atoms. The van der Waals surface area contributed by atoms with E-state index in [1.165, 1.54) is 6.33 Å². The van der Waals surface area contributed by atoms with Gasteiger partial charge in [0.25, 0.3) is 5.91 Å². The molecule has 7 heteroatoms. The molecule has 1 amide bonds. The molecule has 0 bridgehead atoms. The molecule has 1 N–H and O–H groups in total. The third kappa shape index (κ3) is 3.48. The highest BCUT2D eigenvalue weighted by Gasteiger charge is 2.23. The maximum atomic E-state index is 12.7. The largest absolute Gasteiger partial charge is 0.493 e.